The van der Waals surface area contributed by atoms with Crippen LogP contribution in [0.15, 0.2) is 73.1 Å². The Bertz CT molecular complexity index is 820. The number of aromatic nitrogens is 1. The third-order valence-electron chi connectivity index (χ3n) is 3.44. The number of benzene rings is 2. The first kappa shape index (κ1) is 15.7. The third kappa shape index (κ3) is 4.16. The summed E-state index contributed by atoms with van der Waals surface area (Å²) in [5.41, 5.74) is 2.85. The molecule has 0 saturated heterocycles. The molecule has 4 nitrogen and oxygen atoms in total. The van der Waals surface area contributed by atoms with Crippen molar-refractivity contribution in [1.29, 1.82) is 0 Å². The summed E-state index contributed by atoms with van der Waals surface area (Å²) in [4.78, 5) is 16.3. The maximum atomic E-state index is 12.9. The van der Waals surface area contributed by atoms with Crippen molar-refractivity contribution in [3.05, 3.63) is 90.0 Å². The van der Waals surface area contributed by atoms with Gasteiger partial charge in [0.1, 0.15) is 5.82 Å². The number of amides is 1. The van der Waals surface area contributed by atoms with Gasteiger partial charge in [0, 0.05) is 24.6 Å². The Kier molecular flexibility index (Phi) is 4.81. The lowest BCUT2D eigenvalue weighted by atomic mass is 10.2. The van der Waals surface area contributed by atoms with E-state index in [4.69, 9.17) is 0 Å². The maximum absolute atomic E-state index is 12.9. The molecule has 2 N–H and O–H groups in total. The molecular formula is C19H16FN3O. The number of nitrogens with zero attached hydrogens (tertiary/aromatic N) is 1. The van der Waals surface area contributed by atoms with Crippen molar-refractivity contribution >= 4 is 17.3 Å². The summed E-state index contributed by atoms with van der Waals surface area (Å²) < 4.78 is 12.9. The lowest BCUT2D eigenvalue weighted by molar-refractivity contribution is 0.102. The largest absolute Gasteiger partial charge is 0.380 e. The lowest BCUT2D eigenvalue weighted by Gasteiger charge is -2.09. The highest BCUT2D eigenvalue weighted by Crippen LogP contribution is 2.13. The molecule has 1 amide bonds. The first-order chi connectivity index (χ1) is 11.7. The van der Waals surface area contributed by atoms with E-state index in [1.807, 2.05) is 30.3 Å². The number of hydrogen-bond acceptors (Lipinski definition) is 3. The van der Waals surface area contributed by atoms with Crippen LogP contribution in [0.5, 0.6) is 0 Å². The van der Waals surface area contributed by atoms with Gasteiger partial charge in [-0.1, -0.05) is 30.3 Å². The quantitative estimate of drug-likeness (QED) is 0.744. The zero-order chi connectivity index (χ0) is 16.8. The Balaban J connectivity index is 1.65. The van der Waals surface area contributed by atoms with Gasteiger partial charge >= 0.3 is 0 Å². The second-order valence-electron chi connectivity index (χ2n) is 5.26. The number of pyridine rings is 1. The van der Waals surface area contributed by atoms with E-state index in [1.54, 1.807) is 24.4 Å². The SMILES string of the molecule is O=C(Nc1ccccc1)c1cncc(NCc2ccc(F)cc2)c1. The van der Waals surface area contributed by atoms with Crippen molar-refractivity contribution in [3.8, 4) is 0 Å². The molecule has 24 heavy (non-hydrogen) atoms. The van der Waals surface area contributed by atoms with E-state index in [-0.39, 0.29) is 11.7 Å². The van der Waals surface area contributed by atoms with Crippen LogP contribution in [0.3, 0.4) is 0 Å². The summed E-state index contributed by atoms with van der Waals surface area (Å²) in [7, 11) is 0. The molecule has 0 aliphatic carbocycles. The number of anilines is 2. The van der Waals surface area contributed by atoms with Crippen molar-refractivity contribution in [2.24, 2.45) is 0 Å². The number of nitrogens with one attached hydrogen (secondary N) is 2. The van der Waals surface area contributed by atoms with Crippen LogP contribution in [0.4, 0.5) is 15.8 Å². The maximum Gasteiger partial charge on any atom is 0.257 e. The highest BCUT2D eigenvalue weighted by Gasteiger charge is 2.07. The first-order valence-electron chi connectivity index (χ1n) is 7.50. The van der Waals surface area contributed by atoms with Gasteiger partial charge in [-0.25, -0.2) is 4.39 Å². The van der Waals surface area contributed by atoms with E-state index in [0.29, 0.717) is 12.1 Å². The zero-order valence-electron chi connectivity index (χ0n) is 12.9. The zero-order valence-corrected chi connectivity index (χ0v) is 12.9. The van der Waals surface area contributed by atoms with Gasteiger partial charge in [-0.2, -0.15) is 0 Å². The number of rotatable bonds is 5. The molecule has 0 atom stereocenters. The summed E-state index contributed by atoms with van der Waals surface area (Å²) in [6.45, 7) is 0.520. The Morgan fingerprint density at radius 1 is 0.958 bits per heavy atom. The number of carbonyl (C=O) groups is 1. The minimum atomic E-state index is -0.264. The second-order valence-corrected chi connectivity index (χ2v) is 5.26. The van der Waals surface area contributed by atoms with Crippen LogP contribution in [-0.2, 0) is 6.54 Å². The van der Waals surface area contributed by atoms with Gasteiger partial charge in [0.2, 0.25) is 0 Å². The predicted octanol–water partition coefficient (Wildman–Crippen LogP) is 4.09. The van der Waals surface area contributed by atoms with Crippen molar-refractivity contribution < 1.29 is 9.18 Å². The standard InChI is InChI=1S/C19H16FN3O/c20-16-8-6-14(7-9-16)11-22-18-10-15(12-21-13-18)19(24)23-17-4-2-1-3-5-17/h1-10,12-13,22H,11H2,(H,23,24). The second kappa shape index (κ2) is 7.37. The van der Waals surface area contributed by atoms with Crippen molar-refractivity contribution in [2.75, 3.05) is 10.6 Å². The Morgan fingerprint density at radius 3 is 2.46 bits per heavy atom. The fourth-order valence-corrected chi connectivity index (χ4v) is 2.19. The molecule has 1 aromatic heterocycles. The number of para-hydroxylation sites is 1. The molecule has 3 rings (SSSR count). The molecule has 3 aromatic rings. The van der Waals surface area contributed by atoms with Gasteiger partial charge in [-0.15, -0.1) is 0 Å². The van der Waals surface area contributed by atoms with E-state index in [0.717, 1.165) is 16.9 Å². The molecule has 0 unspecified atom stereocenters. The third-order valence-corrected chi connectivity index (χ3v) is 3.44. The molecule has 0 aliphatic heterocycles. The molecule has 0 aliphatic rings. The number of carbonyl (C=O) groups excluding carboxylic acids is 1. The molecule has 0 spiro atoms. The molecule has 0 saturated carbocycles. The van der Waals surface area contributed by atoms with Crippen LogP contribution in [0.25, 0.3) is 0 Å². The molecular weight excluding hydrogens is 305 g/mol. The molecule has 0 bridgehead atoms. The van der Waals surface area contributed by atoms with E-state index >= 15 is 0 Å². The van der Waals surface area contributed by atoms with Crippen LogP contribution < -0.4 is 10.6 Å². The fraction of sp³-hybridized carbons (Fsp3) is 0.0526. The molecule has 0 radical (unpaired) electrons. The highest BCUT2D eigenvalue weighted by molar-refractivity contribution is 6.04. The van der Waals surface area contributed by atoms with Crippen LogP contribution >= 0.6 is 0 Å². The predicted molar refractivity (Wildman–Crippen MR) is 92.4 cm³/mol. The Morgan fingerprint density at radius 2 is 1.71 bits per heavy atom. The van der Waals surface area contributed by atoms with Crippen LogP contribution in [0.2, 0.25) is 0 Å². The topological polar surface area (TPSA) is 54.0 Å². The number of halogens is 1. The van der Waals surface area contributed by atoms with Gasteiger partial charge in [-0.05, 0) is 35.9 Å². The monoisotopic (exact) mass is 321 g/mol. The van der Waals surface area contributed by atoms with Gasteiger partial charge in [-0.3, -0.25) is 9.78 Å². The van der Waals surface area contributed by atoms with Crippen LogP contribution in [0, 0.1) is 5.82 Å². The normalized spacial score (nSPS) is 10.2. The summed E-state index contributed by atoms with van der Waals surface area (Å²) in [5.74, 6) is -0.487. The Labute approximate surface area is 139 Å². The smallest absolute Gasteiger partial charge is 0.257 e. The molecule has 120 valence electrons. The molecule has 1 heterocycles. The summed E-state index contributed by atoms with van der Waals surface area (Å²) in [5, 5.41) is 5.99. The van der Waals surface area contributed by atoms with Crippen molar-refractivity contribution in [3.63, 3.8) is 0 Å². The van der Waals surface area contributed by atoms with E-state index in [9.17, 15) is 9.18 Å². The van der Waals surface area contributed by atoms with Gasteiger partial charge < -0.3 is 10.6 Å². The van der Waals surface area contributed by atoms with Crippen LogP contribution in [-0.4, -0.2) is 10.9 Å². The highest BCUT2D eigenvalue weighted by atomic mass is 19.1. The van der Waals surface area contributed by atoms with Gasteiger partial charge in [0.25, 0.3) is 5.91 Å². The number of hydrogen-bond donors (Lipinski definition) is 2. The molecule has 5 heteroatoms. The van der Waals surface area contributed by atoms with Gasteiger partial charge in [0.15, 0.2) is 0 Å². The van der Waals surface area contributed by atoms with Crippen molar-refractivity contribution in [1.82, 2.24) is 4.98 Å². The van der Waals surface area contributed by atoms with E-state index in [1.165, 1.54) is 18.3 Å². The van der Waals surface area contributed by atoms with E-state index < -0.39 is 0 Å². The Hall–Kier alpha value is -3.21. The molecule has 0 fully saturated rings. The average Bonchev–Trinajstić information content (AvgIpc) is 2.62. The lowest BCUT2D eigenvalue weighted by Crippen LogP contribution is -2.12. The summed E-state index contributed by atoms with van der Waals surface area (Å²) in [6, 6.07) is 17.2. The fourth-order valence-electron chi connectivity index (χ4n) is 2.19. The minimum absolute atomic E-state index is 0.223. The van der Waals surface area contributed by atoms with Crippen molar-refractivity contribution in [2.45, 2.75) is 6.54 Å². The van der Waals surface area contributed by atoms with Crippen LogP contribution in [0.1, 0.15) is 15.9 Å². The summed E-state index contributed by atoms with van der Waals surface area (Å²) in [6.07, 6.45) is 3.16. The average molecular weight is 321 g/mol. The minimum Gasteiger partial charge on any atom is -0.380 e. The summed E-state index contributed by atoms with van der Waals surface area (Å²) >= 11 is 0. The molecule has 2 aromatic carbocycles. The van der Waals surface area contributed by atoms with Gasteiger partial charge in [0.05, 0.1) is 11.3 Å². The first-order valence-corrected chi connectivity index (χ1v) is 7.50. The van der Waals surface area contributed by atoms with E-state index in [2.05, 4.69) is 15.6 Å².